The summed E-state index contributed by atoms with van der Waals surface area (Å²) in [5.74, 6) is -0.128. The molecule has 0 aromatic heterocycles. The highest BCUT2D eigenvalue weighted by Crippen LogP contribution is 1.97. The molecule has 0 spiro atoms. The van der Waals surface area contributed by atoms with Crippen LogP contribution in [0.3, 0.4) is 0 Å². The van der Waals surface area contributed by atoms with Crippen molar-refractivity contribution >= 4 is 12.2 Å². The van der Waals surface area contributed by atoms with Crippen LogP contribution in [-0.4, -0.2) is 28.6 Å². The average Bonchev–Trinajstić information content (AvgIpc) is 1.83. The first kappa shape index (κ1) is 10.5. The molecule has 0 aliphatic rings. The van der Waals surface area contributed by atoms with Crippen molar-refractivity contribution in [2.75, 3.05) is 0 Å². The highest BCUT2D eigenvalue weighted by Gasteiger charge is 2.16. The lowest BCUT2D eigenvalue weighted by molar-refractivity contribution is 0.168. The SMILES string of the molecule is CC(C)C(NC(=O)O)NC(=O)O. The predicted octanol–water partition coefficient (Wildman–Crippen LogP) is 0.504. The molecular formula is C6H12N2O4. The molecule has 0 radical (unpaired) electrons. The fraction of sp³-hybridized carbons (Fsp3) is 0.667. The molecule has 0 aromatic carbocycles. The van der Waals surface area contributed by atoms with E-state index in [1.165, 1.54) is 0 Å². The molecule has 0 unspecified atom stereocenters. The number of carboxylic acid groups (broad SMARTS) is 2. The Morgan fingerprint density at radius 2 is 1.42 bits per heavy atom. The number of carbonyl (C=O) groups is 2. The molecule has 4 N–H and O–H groups in total. The topological polar surface area (TPSA) is 98.7 Å². The van der Waals surface area contributed by atoms with Crippen LogP contribution in [-0.2, 0) is 0 Å². The van der Waals surface area contributed by atoms with Gasteiger partial charge < -0.3 is 20.8 Å². The summed E-state index contributed by atoms with van der Waals surface area (Å²) >= 11 is 0. The lowest BCUT2D eigenvalue weighted by Gasteiger charge is -2.19. The van der Waals surface area contributed by atoms with Crippen LogP contribution in [0, 0.1) is 5.92 Å². The number of rotatable bonds is 3. The fourth-order valence-corrected chi connectivity index (χ4v) is 0.635. The second-order valence-corrected chi connectivity index (χ2v) is 2.62. The summed E-state index contributed by atoms with van der Waals surface area (Å²) in [6.45, 7) is 3.41. The van der Waals surface area contributed by atoms with E-state index in [1.807, 2.05) is 10.6 Å². The van der Waals surface area contributed by atoms with Crippen LogP contribution < -0.4 is 10.6 Å². The lowest BCUT2D eigenvalue weighted by atomic mass is 10.1. The molecule has 0 aliphatic heterocycles. The maximum absolute atomic E-state index is 10.2. The minimum atomic E-state index is -1.25. The predicted molar refractivity (Wildman–Crippen MR) is 40.9 cm³/mol. The van der Waals surface area contributed by atoms with Crippen molar-refractivity contribution in [2.24, 2.45) is 5.92 Å². The minimum absolute atomic E-state index is 0.128. The van der Waals surface area contributed by atoms with E-state index in [1.54, 1.807) is 13.8 Å². The maximum atomic E-state index is 10.2. The van der Waals surface area contributed by atoms with E-state index in [9.17, 15) is 9.59 Å². The molecule has 6 heteroatoms. The van der Waals surface area contributed by atoms with Crippen molar-refractivity contribution in [3.05, 3.63) is 0 Å². The normalized spacial score (nSPS) is 10.0. The quantitative estimate of drug-likeness (QED) is 0.470. The Kier molecular flexibility index (Phi) is 3.89. The largest absolute Gasteiger partial charge is 0.465 e. The molecule has 0 bridgehead atoms. The van der Waals surface area contributed by atoms with Crippen LogP contribution in [0.15, 0.2) is 0 Å². The third-order valence-electron chi connectivity index (χ3n) is 1.22. The summed E-state index contributed by atoms with van der Waals surface area (Å²) < 4.78 is 0. The number of amides is 2. The Balaban J connectivity index is 4.04. The van der Waals surface area contributed by atoms with Gasteiger partial charge in [0.15, 0.2) is 0 Å². The van der Waals surface area contributed by atoms with Gasteiger partial charge in [0.2, 0.25) is 0 Å². The molecule has 0 saturated heterocycles. The molecule has 0 aromatic rings. The smallest absolute Gasteiger partial charge is 0.406 e. The van der Waals surface area contributed by atoms with Crippen LogP contribution in [0.2, 0.25) is 0 Å². The lowest BCUT2D eigenvalue weighted by Crippen LogP contribution is -2.50. The van der Waals surface area contributed by atoms with Crippen molar-refractivity contribution in [3.8, 4) is 0 Å². The van der Waals surface area contributed by atoms with Crippen LogP contribution in [0.5, 0.6) is 0 Å². The molecule has 6 nitrogen and oxygen atoms in total. The Hall–Kier alpha value is -1.46. The standard InChI is InChI=1S/C6H12N2O4/c1-3(2)4(7-5(9)10)8-6(11)12/h3-4,7-8H,1-2H3,(H,9,10)(H,11,12). The van der Waals surface area contributed by atoms with Crippen LogP contribution in [0.4, 0.5) is 9.59 Å². The first-order chi connectivity index (χ1) is 5.43. The summed E-state index contributed by atoms with van der Waals surface area (Å²) in [5, 5.41) is 20.7. The highest BCUT2D eigenvalue weighted by molar-refractivity contribution is 5.68. The monoisotopic (exact) mass is 176 g/mol. The van der Waals surface area contributed by atoms with Gasteiger partial charge in [0.25, 0.3) is 0 Å². The van der Waals surface area contributed by atoms with Crippen molar-refractivity contribution in [1.29, 1.82) is 0 Å². The van der Waals surface area contributed by atoms with Gasteiger partial charge in [0, 0.05) is 0 Å². The van der Waals surface area contributed by atoms with Crippen LogP contribution in [0.1, 0.15) is 13.8 Å². The summed E-state index contributed by atoms with van der Waals surface area (Å²) in [6, 6.07) is 0. The van der Waals surface area contributed by atoms with E-state index in [0.717, 1.165) is 0 Å². The third-order valence-corrected chi connectivity index (χ3v) is 1.22. The molecule has 0 rings (SSSR count). The Labute approximate surface area is 69.6 Å². The zero-order valence-corrected chi connectivity index (χ0v) is 6.87. The molecule has 12 heavy (non-hydrogen) atoms. The fourth-order valence-electron chi connectivity index (χ4n) is 0.635. The average molecular weight is 176 g/mol. The van der Waals surface area contributed by atoms with Crippen molar-refractivity contribution in [2.45, 2.75) is 20.0 Å². The summed E-state index contributed by atoms with van der Waals surface area (Å²) in [7, 11) is 0. The van der Waals surface area contributed by atoms with Gasteiger partial charge in [0.1, 0.15) is 6.17 Å². The second-order valence-electron chi connectivity index (χ2n) is 2.62. The molecule has 0 heterocycles. The van der Waals surface area contributed by atoms with Gasteiger partial charge in [-0.15, -0.1) is 0 Å². The third kappa shape index (κ3) is 4.37. The van der Waals surface area contributed by atoms with Crippen molar-refractivity contribution < 1.29 is 19.8 Å². The van der Waals surface area contributed by atoms with E-state index in [0.29, 0.717) is 0 Å². The van der Waals surface area contributed by atoms with Crippen molar-refractivity contribution in [3.63, 3.8) is 0 Å². The molecule has 2 amide bonds. The summed E-state index contributed by atoms with van der Waals surface area (Å²) in [6.07, 6.45) is -3.26. The summed E-state index contributed by atoms with van der Waals surface area (Å²) in [5.41, 5.74) is 0. The van der Waals surface area contributed by atoms with Gasteiger partial charge in [-0.2, -0.15) is 0 Å². The van der Waals surface area contributed by atoms with Gasteiger partial charge in [0.05, 0.1) is 0 Å². The Morgan fingerprint density at radius 1 is 1.08 bits per heavy atom. The van der Waals surface area contributed by atoms with Crippen LogP contribution in [0.25, 0.3) is 0 Å². The van der Waals surface area contributed by atoms with E-state index in [2.05, 4.69) is 0 Å². The molecule has 0 aliphatic carbocycles. The number of hydrogen-bond acceptors (Lipinski definition) is 2. The van der Waals surface area contributed by atoms with Crippen LogP contribution >= 0.6 is 0 Å². The molecule has 0 atom stereocenters. The van der Waals surface area contributed by atoms with Gasteiger partial charge in [-0.3, -0.25) is 0 Å². The molecule has 0 saturated carbocycles. The molecule has 0 fully saturated rings. The van der Waals surface area contributed by atoms with E-state index >= 15 is 0 Å². The van der Waals surface area contributed by atoms with E-state index < -0.39 is 18.4 Å². The highest BCUT2D eigenvalue weighted by atomic mass is 16.4. The zero-order chi connectivity index (χ0) is 9.72. The maximum Gasteiger partial charge on any atom is 0.406 e. The zero-order valence-electron chi connectivity index (χ0n) is 6.87. The second kappa shape index (κ2) is 4.42. The van der Waals surface area contributed by atoms with E-state index in [-0.39, 0.29) is 5.92 Å². The van der Waals surface area contributed by atoms with Gasteiger partial charge in [-0.25, -0.2) is 9.59 Å². The number of nitrogens with one attached hydrogen (secondary N) is 2. The van der Waals surface area contributed by atoms with Gasteiger partial charge >= 0.3 is 12.2 Å². The minimum Gasteiger partial charge on any atom is -0.465 e. The number of hydrogen-bond donors (Lipinski definition) is 4. The van der Waals surface area contributed by atoms with Crippen molar-refractivity contribution in [1.82, 2.24) is 10.6 Å². The summed E-state index contributed by atoms with van der Waals surface area (Å²) in [4.78, 5) is 20.3. The van der Waals surface area contributed by atoms with Gasteiger partial charge in [-0.05, 0) is 5.92 Å². The van der Waals surface area contributed by atoms with E-state index in [4.69, 9.17) is 10.2 Å². The first-order valence-electron chi connectivity index (χ1n) is 3.42. The Morgan fingerprint density at radius 3 is 1.58 bits per heavy atom. The Bertz CT molecular complexity index is 164. The van der Waals surface area contributed by atoms with Gasteiger partial charge in [-0.1, -0.05) is 13.8 Å². The molecular weight excluding hydrogens is 164 g/mol. The molecule has 70 valence electrons. The first-order valence-corrected chi connectivity index (χ1v) is 3.42.